The quantitative estimate of drug-likeness (QED) is 0.531. The van der Waals surface area contributed by atoms with Gasteiger partial charge in [0.25, 0.3) is 0 Å². The number of carbonyl (C=O) groups excluding carboxylic acids is 2. The SMILES string of the molecule is CC(=O)O[C@@H]1CSSC[C@H]1OC(C)=O. The predicted octanol–water partition coefficient (Wildman–Crippen LogP) is 1.24. The maximum absolute atomic E-state index is 10.8. The molecule has 1 fully saturated rings. The molecular formula is C8H12O4S2. The lowest BCUT2D eigenvalue weighted by molar-refractivity contribution is -0.161. The summed E-state index contributed by atoms with van der Waals surface area (Å²) in [5, 5.41) is 0. The Bertz CT molecular complexity index is 207. The van der Waals surface area contributed by atoms with E-state index in [9.17, 15) is 9.59 Å². The monoisotopic (exact) mass is 236 g/mol. The van der Waals surface area contributed by atoms with Crippen LogP contribution in [-0.2, 0) is 19.1 Å². The van der Waals surface area contributed by atoms with Crippen molar-refractivity contribution in [2.45, 2.75) is 26.1 Å². The number of carbonyl (C=O) groups is 2. The van der Waals surface area contributed by atoms with E-state index in [1.54, 1.807) is 21.6 Å². The molecule has 1 aliphatic heterocycles. The Morgan fingerprint density at radius 1 is 1.00 bits per heavy atom. The van der Waals surface area contributed by atoms with Crippen molar-refractivity contribution < 1.29 is 19.1 Å². The molecule has 6 heteroatoms. The first-order chi connectivity index (χ1) is 6.59. The van der Waals surface area contributed by atoms with E-state index >= 15 is 0 Å². The Hall–Kier alpha value is -0.360. The fourth-order valence-electron chi connectivity index (χ4n) is 1.09. The molecule has 0 aliphatic carbocycles. The number of rotatable bonds is 2. The van der Waals surface area contributed by atoms with E-state index < -0.39 is 0 Å². The summed E-state index contributed by atoms with van der Waals surface area (Å²) in [5.41, 5.74) is 0. The van der Waals surface area contributed by atoms with Gasteiger partial charge in [0.2, 0.25) is 0 Å². The normalized spacial score (nSPS) is 26.7. The second-order valence-corrected chi connectivity index (χ2v) is 5.42. The Balaban J connectivity index is 2.49. The van der Waals surface area contributed by atoms with Gasteiger partial charge < -0.3 is 9.47 Å². The van der Waals surface area contributed by atoms with Crippen molar-refractivity contribution in [1.29, 1.82) is 0 Å². The molecule has 1 rings (SSSR count). The van der Waals surface area contributed by atoms with Crippen LogP contribution in [0, 0.1) is 0 Å². The molecule has 0 aromatic rings. The molecule has 1 saturated heterocycles. The van der Waals surface area contributed by atoms with Gasteiger partial charge in [-0.25, -0.2) is 0 Å². The highest BCUT2D eigenvalue weighted by Crippen LogP contribution is 2.32. The molecule has 1 aliphatic rings. The Kier molecular flexibility index (Phi) is 4.60. The minimum atomic E-state index is -0.334. The van der Waals surface area contributed by atoms with Crippen LogP contribution >= 0.6 is 21.6 Å². The third-order valence-electron chi connectivity index (χ3n) is 1.60. The van der Waals surface area contributed by atoms with Crippen molar-refractivity contribution in [3.8, 4) is 0 Å². The first kappa shape index (κ1) is 11.7. The number of hydrogen-bond acceptors (Lipinski definition) is 6. The van der Waals surface area contributed by atoms with Gasteiger partial charge in [0.05, 0.1) is 0 Å². The van der Waals surface area contributed by atoms with Gasteiger partial charge in [0, 0.05) is 25.4 Å². The summed E-state index contributed by atoms with van der Waals surface area (Å²) in [6, 6.07) is 0. The van der Waals surface area contributed by atoms with Crippen LogP contribution in [0.5, 0.6) is 0 Å². The Labute approximate surface area is 90.5 Å². The van der Waals surface area contributed by atoms with Gasteiger partial charge in [0.1, 0.15) is 12.2 Å². The van der Waals surface area contributed by atoms with Crippen LogP contribution in [0.4, 0.5) is 0 Å². The molecule has 0 unspecified atom stereocenters. The van der Waals surface area contributed by atoms with Crippen LogP contribution in [0.1, 0.15) is 13.8 Å². The molecule has 4 nitrogen and oxygen atoms in total. The van der Waals surface area contributed by atoms with Crippen LogP contribution in [0.3, 0.4) is 0 Å². The first-order valence-electron chi connectivity index (χ1n) is 4.18. The average molecular weight is 236 g/mol. The molecule has 0 radical (unpaired) electrons. The van der Waals surface area contributed by atoms with E-state index in [1.165, 1.54) is 13.8 Å². The van der Waals surface area contributed by atoms with Gasteiger partial charge in [-0.05, 0) is 0 Å². The van der Waals surface area contributed by atoms with Crippen molar-refractivity contribution in [2.75, 3.05) is 11.5 Å². The third-order valence-corrected chi connectivity index (χ3v) is 4.01. The van der Waals surface area contributed by atoms with Crippen molar-refractivity contribution in [3.63, 3.8) is 0 Å². The lowest BCUT2D eigenvalue weighted by Gasteiger charge is -2.28. The molecule has 0 saturated carbocycles. The molecule has 14 heavy (non-hydrogen) atoms. The summed E-state index contributed by atoms with van der Waals surface area (Å²) < 4.78 is 10.1. The Morgan fingerprint density at radius 3 is 1.64 bits per heavy atom. The summed E-state index contributed by atoms with van der Waals surface area (Å²) in [4.78, 5) is 21.5. The molecular weight excluding hydrogens is 224 g/mol. The van der Waals surface area contributed by atoms with Crippen molar-refractivity contribution >= 4 is 33.5 Å². The van der Waals surface area contributed by atoms with Crippen LogP contribution in [-0.4, -0.2) is 35.7 Å². The fraction of sp³-hybridized carbons (Fsp3) is 0.750. The summed E-state index contributed by atoms with van der Waals surface area (Å²) in [6.07, 6.45) is -0.606. The zero-order valence-electron chi connectivity index (χ0n) is 8.02. The van der Waals surface area contributed by atoms with Crippen molar-refractivity contribution in [2.24, 2.45) is 0 Å². The summed E-state index contributed by atoms with van der Waals surface area (Å²) in [5.74, 6) is 0.670. The minimum absolute atomic E-state index is 0.303. The van der Waals surface area contributed by atoms with E-state index in [0.717, 1.165) is 0 Å². The zero-order chi connectivity index (χ0) is 10.6. The van der Waals surface area contributed by atoms with Crippen molar-refractivity contribution in [1.82, 2.24) is 0 Å². The van der Waals surface area contributed by atoms with Gasteiger partial charge in [-0.15, -0.1) is 0 Å². The summed E-state index contributed by atoms with van der Waals surface area (Å²) in [6.45, 7) is 2.72. The second kappa shape index (κ2) is 5.50. The van der Waals surface area contributed by atoms with Gasteiger partial charge in [-0.1, -0.05) is 21.6 Å². The topological polar surface area (TPSA) is 52.6 Å². The minimum Gasteiger partial charge on any atom is -0.458 e. The van der Waals surface area contributed by atoms with E-state index in [4.69, 9.17) is 9.47 Å². The van der Waals surface area contributed by atoms with Crippen LogP contribution in [0.15, 0.2) is 0 Å². The lowest BCUT2D eigenvalue weighted by atomic mass is 10.2. The molecule has 0 amide bonds. The van der Waals surface area contributed by atoms with E-state index in [0.29, 0.717) is 11.5 Å². The van der Waals surface area contributed by atoms with Crippen LogP contribution < -0.4 is 0 Å². The van der Waals surface area contributed by atoms with Crippen LogP contribution in [0.25, 0.3) is 0 Å². The van der Waals surface area contributed by atoms with Gasteiger partial charge in [-0.2, -0.15) is 0 Å². The van der Waals surface area contributed by atoms with Gasteiger partial charge in [0.15, 0.2) is 0 Å². The summed E-state index contributed by atoms with van der Waals surface area (Å²) >= 11 is 0. The summed E-state index contributed by atoms with van der Waals surface area (Å²) in [7, 11) is 3.25. The molecule has 1 heterocycles. The fourth-order valence-corrected chi connectivity index (χ4v) is 3.50. The van der Waals surface area contributed by atoms with Gasteiger partial charge in [-0.3, -0.25) is 9.59 Å². The lowest BCUT2D eigenvalue weighted by Crippen LogP contribution is -2.39. The maximum Gasteiger partial charge on any atom is 0.303 e. The molecule has 0 bridgehead atoms. The highest BCUT2D eigenvalue weighted by molar-refractivity contribution is 8.76. The van der Waals surface area contributed by atoms with E-state index in [-0.39, 0.29) is 24.1 Å². The Morgan fingerprint density at radius 2 is 1.36 bits per heavy atom. The second-order valence-electron chi connectivity index (χ2n) is 2.86. The van der Waals surface area contributed by atoms with E-state index in [2.05, 4.69) is 0 Å². The van der Waals surface area contributed by atoms with Crippen LogP contribution in [0.2, 0.25) is 0 Å². The highest BCUT2D eigenvalue weighted by atomic mass is 33.1. The molecule has 2 atom stereocenters. The first-order valence-corrected chi connectivity index (χ1v) is 6.67. The van der Waals surface area contributed by atoms with Crippen molar-refractivity contribution in [3.05, 3.63) is 0 Å². The maximum atomic E-state index is 10.8. The standard InChI is InChI=1S/C8H12O4S2/c1-5(9)11-7-3-13-14-4-8(7)12-6(2)10/h7-8H,3-4H2,1-2H3/t7-,8-/m1/s1. The highest BCUT2D eigenvalue weighted by Gasteiger charge is 2.30. The molecule has 0 aromatic heterocycles. The predicted molar refractivity (Wildman–Crippen MR) is 56.0 cm³/mol. The van der Waals surface area contributed by atoms with Gasteiger partial charge >= 0.3 is 11.9 Å². The average Bonchev–Trinajstić information content (AvgIpc) is 2.06. The number of ether oxygens (including phenoxy) is 2. The molecule has 80 valence electrons. The zero-order valence-corrected chi connectivity index (χ0v) is 9.65. The molecule has 0 N–H and O–H groups in total. The molecule has 0 aromatic carbocycles. The van der Waals surface area contributed by atoms with E-state index in [1.807, 2.05) is 0 Å². The number of hydrogen-bond donors (Lipinski definition) is 0. The third kappa shape index (κ3) is 3.79. The number of esters is 2. The molecule has 0 spiro atoms. The smallest absolute Gasteiger partial charge is 0.303 e. The largest absolute Gasteiger partial charge is 0.458 e.